The summed E-state index contributed by atoms with van der Waals surface area (Å²) in [7, 11) is -0.386. The van der Waals surface area contributed by atoms with Gasteiger partial charge in [0.15, 0.2) is 0 Å². The molecule has 0 aliphatic carbocycles. The second kappa shape index (κ2) is 5.97. The second-order valence-electron chi connectivity index (χ2n) is 8.49. The molecular weight excluding hydrogens is 347 g/mol. The summed E-state index contributed by atoms with van der Waals surface area (Å²) in [4.78, 5) is 0. The Morgan fingerprint density at radius 2 is 1.43 bits per heavy atom. The molecular formula is C24H23BO3. The third-order valence-electron chi connectivity index (χ3n) is 6.13. The highest BCUT2D eigenvalue weighted by Gasteiger charge is 2.51. The van der Waals surface area contributed by atoms with E-state index >= 15 is 0 Å². The summed E-state index contributed by atoms with van der Waals surface area (Å²) in [6.07, 6.45) is 0. The first-order valence-corrected chi connectivity index (χ1v) is 9.72. The van der Waals surface area contributed by atoms with Gasteiger partial charge in [0.05, 0.1) is 11.2 Å². The summed E-state index contributed by atoms with van der Waals surface area (Å²) in [5.74, 6) is 0. The first kappa shape index (κ1) is 17.5. The summed E-state index contributed by atoms with van der Waals surface area (Å²) in [5, 5.41) is 2.21. The highest BCUT2D eigenvalue weighted by Crippen LogP contribution is 2.38. The first-order valence-electron chi connectivity index (χ1n) is 9.72. The van der Waals surface area contributed by atoms with Gasteiger partial charge in [0.1, 0.15) is 11.2 Å². The van der Waals surface area contributed by atoms with E-state index in [0.29, 0.717) is 0 Å². The van der Waals surface area contributed by atoms with Crippen molar-refractivity contribution in [2.24, 2.45) is 0 Å². The molecule has 0 spiro atoms. The summed E-state index contributed by atoms with van der Waals surface area (Å²) < 4.78 is 18.6. The molecule has 140 valence electrons. The summed E-state index contributed by atoms with van der Waals surface area (Å²) in [6, 6.07) is 22.8. The Bertz CT molecular complexity index is 1160. The number of hydrogen-bond donors (Lipinski definition) is 0. The lowest BCUT2D eigenvalue weighted by Crippen LogP contribution is -2.41. The summed E-state index contributed by atoms with van der Waals surface area (Å²) >= 11 is 0. The van der Waals surface area contributed by atoms with Gasteiger partial charge in [-0.15, -0.1) is 0 Å². The highest BCUT2D eigenvalue weighted by molar-refractivity contribution is 6.62. The number of hydrogen-bond acceptors (Lipinski definition) is 3. The number of fused-ring (bicyclic) bond motifs is 3. The van der Waals surface area contributed by atoms with E-state index in [1.165, 1.54) is 11.1 Å². The highest BCUT2D eigenvalue weighted by atomic mass is 16.7. The molecule has 4 aromatic rings. The molecule has 0 radical (unpaired) electrons. The van der Waals surface area contributed by atoms with Crippen molar-refractivity contribution in [3.05, 3.63) is 66.7 Å². The Balaban J connectivity index is 1.69. The molecule has 1 aliphatic heterocycles. The standard InChI is InChI=1S/C24H23BO3/c1-23(2)24(3,4)28-25(27-23)17-13-14-20-19(15-17)22-18(11-8-12-21(22)26-20)16-9-6-5-7-10-16/h5-15H,1-4H3. The van der Waals surface area contributed by atoms with Crippen molar-refractivity contribution in [1.82, 2.24) is 0 Å². The van der Waals surface area contributed by atoms with Crippen molar-refractivity contribution in [3.8, 4) is 11.1 Å². The molecule has 0 amide bonds. The smallest absolute Gasteiger partial charge is 0.456 e. The van der Waals surface area contributed by atoms with Crippen molar-refractivity contribution >= 4 is 34.5 Å². The van der Waals surface area contributed by atoms with Crippen LogP contribution >= 0.6 is 0 Å². The number of benzene rings is 3. The minimum Gasteiger partial charge on any atom is -0.456 e. The zero-order chi connectivity index (χ0) is 19.5. The van der Waals surface area contributed by atoms with Crippen LogP contribution in [0.5, 0.6) is 0 Å². The van der Waals surface area contributed by atoms with Crippen molar-refractivity contribution in [2.75, 3.05) is 0 Å². The fourth-order valence-corrected chi connectivity index (χ4v) is 3.83. The molecule has 2 heterocycles. The van der Waals surface area contributed by atoms with Crippen LogP contribution < -0.4 is 5.46 Å². The van der Waals surface area contributed by atoms with E-state index in [2.05, 4.69) is 64.1 Å². The van der Waals surface area contributed by atoms with E-state index in [1.807, 2.05) is 30.3 Å². The van der Waals surface area contributed by atoms with E-state index in [9.17, 15) is 0 Å². The predicted octanol–water partition coefficient (Wildman–Crippen LogP) is 5.55. The molecule has 3 aromatic carbocycles. The molecule has 0 saturated carbocycles. The van der Waals surface area contributed by atoms with Crippen LogP contribution in [0.1, 0.15) is 27.7 Å². The van der Waals surface area contributed by atoms with E-state index in [4.69, 9.17) is 13.7 Å². The first-order chi connectivity index (χ1) is 13.4. The van der Waals surface area contributed by atoms with Gasteiger partial charge in [-0.3, -0.25) is 0 Å². The fourth-order valence-electron chi connectivity index (χ4n) is 3.83. The van der Waals surface area contributed by atoms with Crippen LogP contribution in [0, 0.1) is 0 Å². The zero-order valence-electron chi connectivity index (χ0n) is 16.7. The van der Waals surface area contributed by atoms with Crippen LogP contribution in [-0.4, -0.2) is 18.3 Å². The van der Waals surface area contributed by atoms with Gasteiger partial charge in [0, 0.05) is 10.8 Å². The van der Waals surface area contributed by atoms with Gasteiger partial charge in [0.25, 0.3) is 0 Å². The SMILES string of the molecule is CC1(C)OB(c2ccc3oc4cccc(-c5ccccc5)c4c3c2)OC1(C)C. The van der Waals surface area contributed by atoms with Gasteiger partial charge in [-0.25, -0.2) is 0 Å². The lowest BCUT2D eigenvalue weighted by molar-refractivity contribution is 0.00578. The lowest BCUT2D eigenvalue weighted by Gasteiger charge is -2.32. The predicted molar refractivity (Wildman–Crippen MR) is 115 cm³/mol. The van der Waals surface area contributed by atoms with E-state index in [1.54, 1.807) is 0 Å². The molecule has 28 heavy (non-hydrogen) atoms. The van der Waals surface area contributed by atoms with E-state index < -0.39 is 0 Å². The maximum atomic E-state index is 6.25. The monoisotopic (exact) mass is 370 g/mol. The van der Waals surface area contributed by atoms with Crippen LogP contribution in [0.25, 0.3) is 33.1 Å². The largest absolute Gasteiger partial charge is 0.494 e. The van der Waals surface area contributed by atoms with Crippen LogP contribution in [0.15, 0.2) is 71.1 Å². The molecule has 1 aliphatic rings. The Hall–Kier alpha value is -2.56. The average Bonchev–Trinajstić information content (AvgIpc) is 3.15. The van der Waals surface area contributed by atoms with Crippen LogP contribution in [0.2, 0.25) is 0 Å². The van der Waals surface area contributed by atoms with Gasteiger partial charge in [0.2, 0.25) is 0 Å². The fraction of sp³-hybridized carbons (Fsp3) is 0.250. The summed E-state index contributed by atoms with van der Waals surface area (Å²) in [5.41, 5.74) is 4.40. The van der Waals surface area contributed by atoms with Crippen LogP contribution in [0.4, 0.5) is 0 Å². The Kier molecular flexibility index (Phi) is 3.74. The van der Waals surface area contributed by atoms with Gasteiger partial charge in [-0.1, -0.05) is 54.6 Å². The van der Waals surface area contributed by atoms with Crippen LogP contribution in [-0.2, 0) is 9.31 Å². The lowest BCUT2D eigenvalue weighted by atomic mass is 9.78. The maximum absolute atomic E-state index is 6.25. The molecule has 1 saturated heterocycles. The minimum atomic E-state index is -0.386. The third kappa shape index (κ3) is 2.60. The number of rotatable bonds is 2. The van der Waals surface area contributed by atoms with Gasteiger partial charge in [-0.05, 0) is 56.4 Å². The normalized spacial score (nSPS) is 18.2. The van der Waals surface area contributed by atoms with E-state index in [-0.39, 0.29) is 18.3 Å². The van der Waals surface area contributed by atoms with Crippen LogP contribution in [0.3, 0.4) is 0 Å². The van der Waals surface area contributed by atoms with Crippen molar-refractivity contribution < 1.29 is 13.7 Å². The number of furan rings is 1. The Labute approximate surface area is 165 Å². The van der Waals surface area contributed by atoms with Gasteiger partial charge < -0.3 is 13.7 Å². The molecule has 1 fully saturated rings. The van der Waals surface area contributed by atoms with Crippen molar-refractivity contribution in [3.63, 3.8) is 0 Å². The Morgan fingerprint density at radius 3 is 2.14 bits per heavy atom. The average molecular weight is 370 g/mol. The molecule has 4 heteroatoms. The molecule has 0 atom stereocenters. The third-order valence-corrected chi connectivity index (χ3v) is 6.13. The molecule has 1 aromatic heterocycles. The Morgan fingerprint density at radius 1 is 0.714 bits per heavy atom. The quantitative estimate of drug-likeness (QED) is 0.434. The van der Waals surface area contributed by atoms with E-state index in [0.717, 1.165) is 27.4 Å². The second-order valence-corrected chi connectivity index (χ2v) is 8.49. The van der Waals surface area contributed by atoms with Crippen molar-refractivity contribution in [2.45, 2.75) is 38.9 Å². The summed E-state index contributed by atoms with van der Waals surface area (Å²) in [6.45, 7) is 8.30. The molecule has 0 bridgehead atoms. The molecule has 5 rings (SSSR count). The molecule has 0 unspecified atom stereocenters. The molecule has 3 nitrogen and oxygen atoms in total. The topological polar surface area (TPSA) is 31.6 Å². The van der Waals surface area contributed by atoms with Gasteiger partial charge in [-0.2, -0.15) is 0 Å². The molecule has 0 N–H and O–H groups in total. The van der Waals surface area contributed by atoms with Gasteiger partial charge >= 0.3 is 7.12 Å². The maximum Gasteiger partial charge on any atom is 0.494 e. The minimum absolute atomic E-state index is 0.361. The zero-order valence-corrected chi connectivity index (χ0v) is 16.7. The van der Waals surface area contributed by atoms with Crippen molar-refractivity contribution in [1.29, 1.82) is 0 Å².